The SMILES string of the molecule is O=C(Cn1nnn(-c2ccccc2Cl)c1=O)N1CCN(c2ccccn2)CC1. The molecule has 0 spiro atoms. The van der Waals surface area contributed by atoms with Crippen LogP contribution in [0.25, 0.3) is 5.69 Å². The first-order valence-electron chi connectivity index (χ1n) is 8.85. The maximum Gasteiger partial charge on any atom is 0.369 e. The number of aromatic nitrogens is 5. The van der Waals surface area contributed by atoms with Crippen LogP contribution >= 0.6 is 11.6 Å². The van der Waals surface area contributed by atoms with Crippen LogP contribution in [0.2, 0.25) is 5.02 Å². The minimum Gasteiger partial charge on any atom is -0.353 e. The summed E-state index contributed by atoms with van der Waals surface area (Å²) in [5.41, 5.74) is -0.0783. The second-order valence-electron chi connectivity index (χ2n) is 6.34. The Morgan fingerprint density at radius 1 is 1.00 bits per heavy atom. The number of hydrogen-bond acceptors (Lipinski definition) is 6. The average Bonchev–Trinajstić information content (AvgIpc) is 3.09. The molecule has 0 saturated carbocycles. The van der Waals surface area contributed by atoms with Crippen molar-refractivity contribution in [3.8, 4) is 5.69 Å². The number of hydrogen-bond donors (Lipinski definition) is 0. The number of pyridine rings is 1. The number of carbonyl (C=O) groups excluding carboxylic acids is 1. The summed E-state index contributed by atoms with van der Waals surface area (Å²) >= 11 is 6.11. The Bertz CT molecular complexity index is 1030. The van der Waals surface area contributed by atoms with E-state index in [0.29, 0.717) is 36.9 Å². The highest BCUT2D eigenvalue weighted by molar-refractivity contribution is 6.32. The molecule has 0 N–H and O–H groups in total. The number of amides is 1. The van der Waals surface area contributed by atoms with Crippen molar-refractivity contribution >= 4 is 23.3 Å². The van der Waals surface area contributed by atoms with Gasteiger partial charge < -0.3 is 9.80 Å². The van der Waals surface area contributed by atoms with Crippen LogP contribution in [-0.4, -0.2) is 61.8 Å². The zero-order valence-electron chi connectivity index (χ0n) is 15.0. The molecule has 28 heavy (non-hydrogen) atoms. The third-order valence-corrected chi connectivity index (χ3v) is 4.93. The Kier molecular flexibility index (Phi) is 5.07. The first-order chi connectivity index (χ1) is 13.6. The molecule has 1 amide bonds. The molecular formula is C18H18ClN7O2. The van der Waals surface area contributed by atoms with Gasteiger partial charge in [-0.05, 0) is 34.7 Å². The minimum atomic E-state index is -0.506. The Balaban J connectivity index is 1.41. The molecule has 2 aromatic heterocycles. The summed E-state index contributed by atoms with van der Waals surface area (Å²) in [6.45, 7) is 2.33. The standard InChI is InChI=1S/C18H18ClN7O2/c19-14-5-1-2-6-15(14)26-18(28)25(21-22-26)13-17(27)24-11-9-23(10-12-24)16-7-3-4-8-20-16/h1-8H,9-13H2. The van der Waals surface area contributed by atoms with Gasteiger partial charge in [0.15, 0.2) is 0 Å². The molecule has 3 aromatic rings. The van der Waals surface area contributed by atoms with Crippen molar-refractivity contribution in [3.05, 3.63) is 64.2 Å². The summed E-state index contributed by atoms with van der Waals surface area (Å²) in [4.78, 5) is 33.3. The highest BCUT2D eigenvalue weighted by atomic mass is 35.5. The van der Waals surface area contributed by atoms with E-state index >= 15 is 0 Å². The number of halogens is 1. The van der Waals surface area contributed by atoms with Gasteiger partial charge in [0.2, 0.25) is 5.91 Å². The highest BCUT2D eigenvalue weighted by Gasteiger charge is 2.23. The molecule has 10 heteroatoms. The molecule has 1 fully saturated rings. The number of para-hydroxylation sites is 1. The van der Waals surface area contributed by atoms with Crippen molar-refractivity contribution in [1.29, 1.82) is 0 Å². The molecule has 0 aliphatic carbocycles. The lowest BCUT2D eigenvalue weighted by atomic mass is 10.3. The van der Waals surface area contributed by atoms with Gasteiger partial charge in [0.05, 0.1) is 10.7 Å². The number of rotatable bonds is 4. The van der Waals surface area contributed by atoms with Crippen LogP contribution in [0.15, 0.2) is 53.5 Å². The third-order valence-electron chi connectivity index (χ3n) is 4.61. The molecule has 1 aliphatic rings. The molecule has 0 radical (unpaired) electrons. The van der Waals surface area contributed by atoms with E-state index in [1.54, 1.807) is 35.4 Å². The van der Waals surface area contributed by atoms with Crippen molar-refractivity contribution in [2.24, 2.45) is 0 Å². The summed E-state index contributed by atoms with van der Waals surface area (Å²) in [6, 6.07) is 12.6. The van der Waals surface area contributed by atoms with Crippen LogP contribution in [0.5, 0.6) is 0 Å². The van der Waals surface area contributed by atoms with Crippen LogP contribution < -0.4 is 10.6 Å². The summed E-state index contributed by atoms with van der Waals surface area (Å²) in [6.07, 6.45) is 1.75. The van der Waals surface area contributed by atoms with Crippen LogP contribution in [0.3, 0.4) is 0 Å². The summed E-state index contributed by atoms with van der Waals surface area (Å²) in [5.74, 6) is 0.725. The Hall–Kier alpha value is -3.20. The van der Waals surface area contributed by atoms with Gasteiger partial charge in [-0.2, -0.15) is 9.36 Å². The highest BCUT2D eigenvalue weighted by Crippen LogP contribution is 2.17. The van der Waals surface area contributed by atoms with E-state index in [1.807, 2.05) is 18.2 Å². The van der Waals surface area contributed by atoms with Gasteiger partial charge in [0.25, 0.3) is 0 Å². The van der Waals surface area contributed by atoms with Gasteiger partial charge in [-0.15, -0.1) is 0 Å². The van der Waals surface area contributed by atoms with Gasteiger partial charge >= 0.3 is 5.69 Å². The number of nitrogens with zero attached hydrogens (tertiary/aromatic N) is 7. The molecule has 1 saturated heterocycles. The Morgan fingerprint density at radius 3 is 2.46 bits per heavy atom. The summed E-state index contributed by atoms with van der Waals surface area (Å²) in [5, 5.41) is 8.05. The van der Waals surface area contributed by atoms with E-state index in [0.717, 1.165) is 15.2 Å². The van der Waals surface area contributed by atoms with E-state index in [1.165, 1.54) is 0 Å². The zero-order chi connectivity index (χ0) is 19.5. The van der Waals surface area contributed by atoms with Crippen LogP contribution in [0, 0.1) is 0 Å². The van der Waals surface area contributed by atoms with Crippen LogP contribution in [-0.2, 0) is 11.3 Å². The van der Waals surface area contributed by atoms with Crippen molar-refractivity contribution < 1.29 is 4.79 Å². The second-order valence-corrected chi connectivity index (χ2v) is 6.75. The van der Waals surface area contributed by atoms with Gasteiger partial charge in [0.1, 0.15) is 12.4 Å². The van der Waals surface area contributed by atoms with Gasteiger partial charge in [-0.1, -0.05) is 29.8 Å². The Labute approximate surface area is 165 Å². The fourth-order valence-corrected chi connectivity index (χ4v) is 3.32. The lowest BCUT2D eigenvalue weighted by molar-refractivity contribution is -0.132. The van der Waals surface area contributed by atoms with E-state index in [9.17, 15) is 9.59 Å². The number of benzene rings is 1. The molecule has 9 nitrogen and oxygen atoms in total. The fourth-order valence-electron chi connectivity index (χ4n) is 3.10. The normalized spacial score (nSPS) is 14.3. The molecule has 0 bridgehead atoms. The lowest BCUT2D eigenvalue weighted by Gasteiger charge is -2.35. The largest absolute Gasteiger partial charge is 0.369 e. The number of anilines is 1. The summed E-state index contributed by atoms with van der Waals surface area (Å²) < 4.78 is 2.14. The van der Waals surface area contributed by atoms with E-state index in [2.05, 4.69) is 20.3 Å². The van der Waals surface area contributed by atoms with Gasteiger partial charge in [0, 0.05) is 32.4 Å². The molecule has 1 aliphatic heterocycles. The van der Waals surface area contributed by atoms with Gasteiger partial charge in [-0.3, -0.25) is 4.79 Å². The maximum atomic E-state index is 12.6. The monoisotopic (exact) mass is 399 g/mol. The predicted molar refractivity (Wildman–Crippen MR) is 104 cm³/mol. The first-order valence-corrected chi connectivity index (χ1v) is 9.23. The molecular weight excluding hydrogens is 382 g/mol. The van der Waals surface area contributed by atoms with Crippen LogP contribution in [0.4, 0.5) is 5.82 Å². The predicted octanol–water partition coefficient (Wildman–Crippen LogP) is 0.826. The second kappa shape index (κ2) is 7.81. The average molecular weight is 400 g/mol. The number of tetrazole rings is 1. The number of carbonyl (C=O) groups is 1. The van der Waals surface area contributed by atoms with Crippen LogP contribution in [0.1, 0.15) is 0 Å². The van der Waals surface area contributed by atoms with E-state index < -0.39 is 5.69 Å². The molecule has 144 valence electrons. The van der Waals surface area contributed by atoms with E-state index in [4.69, 9.17) is 11.6 Å². The lowest BCUT2D eigenvalue weighted by Crippen LogP contribution is -2.50. The molecule has 4 rings (SSSR count). The van der Waals surface area contributed by atoms with Crippen molar-refractivity contribution in [2.45, 2.75) is 6.54 Å². The third kappa shape index (κ3) is 3.61. The maximum absolute atomic E-state index is 12.6. The number of piperazine rings is 1. The molecule has 0 atom stereocenters. The molecule has 0 unspecified atom stereocenters. The topological polar surface area (TPSA) is 89.1 Å². The fraction of sp³-hybridized carbons (Fsp3) is 0.278. The van der Waals surface area contributed by atoms with Crippen molar-refractivity contribution in [2.75, 3.05) is 31.1 Å². The van der Waals surface area contributed by atoms with Gasteiger partial charge in [-0.25, -0.2) is 9.78 Å². The van der Waals surface area contributed by atoms with E-state index in [-0.39, 0.29) is 12.5 Å². The molecule has 3 heterocycles. The first kappa shape index (κ1) is 18.2. The van der Waals surface area contributed by atoms with Crippen molar-refractivity contribution in [3.63, 3.8) is 0 Å². The Morgan fingerprint density at radius 2 is 1.75 bits per heavy atom. The quantitative estimate of drug-likeness (QED) is 0.645. The zero-order valence-corrected chi connectivity index (χ0v) is 15.7. The molecule has 1 aromatic carbocycles. The minimum absolute atomic E-state index is 0.160. The summed E-state index contributed by atoms with van der Waals surface area (Å²) in [7, 11) is 0. The smallest absolute Gasteiger partial charge is 0.353 e. The van der Waals surface area contributed by atoms with Crippen molar-refractivity contribution in [1.82, 2.24) is 29.7 Å².